The molecule has 0 unspecified atom stereocenters. The third-order valence-electron chi connectivity index (χ3n) is 17.4. The summed E-state index contributed by atoms with van der Waals surface area (Å²) in [6, 6.07) is 79.6. The summed E-state index contributed by atoms with van der Waals surface area (Å²) in [5.41, 5.74) is 28.1. The van der Waals surface area contributed by atoms with Gasteiger partial charge in [0.25, 0.3) is 0 Å². The van der Waals surface area contributed by atoms with Gasteiger partial charge in [-0.05, 0) is 142 Å². The Morgan fingerprint density at radius 3 is 1.82 bits per heavy atom. The Labute approximate surface area is 425 Å². The summed E-state index contributed by atoms with van der Waals surface area (Å²) in [6.45, 7) is 11.7. The maximum atomic E-state index is 2.82. The molecular weight excluding hydrogens is 888 g/mol. The first-order valence-electron chi connectivity index (χ1n) is 25.6. The van der Waals surface area contributed by atoms with Gasteiger partial charge < -0.3 is 9.71 Å². The normalized spacial score (nSPS) is 15.4. The molecule has 2 nitrogen and oxygen atoms in total. The van der Waals surface area contributed by atoms with Crippen LogP contribution in [0, 0.1) is 0 Å². The van der Waals surface area contributed by atoms with Gasteiger partial charge in [-0.25, -0.2) is 0 Å². The fraction of sp³-hybridized carbons (Fsp3) is 0.118. The van der Waals surface area contributed by atoms with Crippen molar-refractivity contribution in [3.05, 3.63) is 245 Å². The molecule has 0 N–H and O–H groups in total. The molecule has 0 saturated heterocycles. The number of para-hydroxylation sites is 2. The van der Waals surface area contributed by atoms with Crippen molar-refractivity contribution in [2.75, 3.05) is 9.71 Å². The number of benzene rings is 10. The number of rotatable bonds is 2. The van der Waals surface area contributed by atoms with E-state index in [1.807, 2.05) is 11.3 Å². The molecule has 3 aliphatic heterocycles. The molecule has 0 fully saturated rings. The number of thiophene rings is 1. The molecule has 2 aliphatic carbocycles. The van der Waals surface area contributed by atoms with Crippen molar-refractivity contribution in [2.45, 2.75) is 50.9 Å². The van der Waals surface area contributed by atoms with E-state index in [0.717, 1.165) is 0 Å². The van der Waals surface area contributed by atoms with Crippen LogP contribution in [-0.2, 0) is 16.2 Å². The average Bonchev–Trinajstić information content (AvgIpc) is 4.03. The Hall–Kier alpha value is -7.92. The van der Waals surface area contributed by atoms with Crippen molar-refractivity contribution < 1.29 is 0 Å². The minimum absolute atomic E-state index is 0.0436. The highest BCUT2D eigenvalue weighted by atomic mass is 32.1. The Bertz CT molecular complexity index is 4160. The smallest absolute Gasteiger partial charge is 0.333 e. The SMILES string of the molecule is CC(C)(C)c1ccc(N2c3cc4c(c5c3B(c3c2ccc2sc6ccccc6c32)N2c3ccccc3C3(c6ccccc6-c6ccccc63)c3cccc-5c32)-c2ccccc2C4(C)C)c(-c2ccccc2)c1. The van der Waals surface area contributed by atoms with Crippen LogP contribution in [0.5, 0.6) is 0 Å². The molecule has 16 rings (SSSR count). The topological polar surface area (TPSA) is 6.48 Å². The first-order valence-corrected chi connectivity index (χ1v) is 26.4. The molecule has 4 heterocycles. The zero-order valence-corrected chi connectivity index (χ0v) is 41.8. The van der Waals surface area contributed by atoms with Gasteiger partial charge in [-0.3, -0.25) is 0 Å². The van der Waals surface area contributed by atoms with Crippen molar-refractivity contribution in [3.63, 3.8) is 0 Å². The largest absolute Gasteiger partial charge is 0.376 e. The highest BCUT2D eigenvalue weighted by Crippen LogP contribution is 2.66. The van der Waals surface area contributed by atoms with Gasteiger partial charge in [0.2, 0.25) is 0 Å². The predicted octanol–water partition coefficient (Wildman–Crippen LogP) is 16.7. The predicted molar refractivity (Wildman–Crippen MR) is 306 cm³/mol. The van der Waals surface area contributed by atoms with Crippen LogP contribution >= 0.6 is 11.3 Å². The molecule has 1 aromatic heterocycles. The maximum Gasteiger partial charge on any atom is 0.333 e. The van der Waals surface area contributed by atoms with Crippen molar-refractivity contribution in [1.29, 1.82) is 0 Å². The zero-order chi connectivity index (χ0) is 48.0. The second-order valence-corrected chi connectivity index (χ2v) is 23.3. The average molecular weight is 937 g/mol. The van der Waals surface area contributed by atoms with Gasteiger partial charge in [0.1, 0.15) is 0 Å². The molecule has 0 bridgehead atoms. The highest BCUT2D eigenvalue weighted by Gasteiger charge is 2.57. The second kappa shape index (κ2) is 13.9. The standard InChI is InChI=1S/C68H49BN2S/c1-66(2,3)41-34-35-54(47(38-41)40-20-7-6-8-21-40)70-56-36-37-59-61(45-25-12-18-33-58(45)72-59)63(56)69-64-57(70)39-53-60(44-24-11-13-27-48(44)67(53,4)5)62(64)46-26-19-31-52-65(46)71(69)55-32-17-16-30-51(55)68(52)49-28-14-9-22-42(49)43-23-10-15-29-50(43)68/h6-39H,1-5H3. The molecule has 0 radical (unpaired) electrons. The van der Waals surface area contributed by atoms with E-state index in [-0.39, 0.29) is 17.7 Å². The van der Waals surface area contributed by atoms with Gasteiger partial charge in [0.15, 0.2) is 0 Å². The zero-order valence-electron chi connectivity index (χ0n) is 41.0. The molecule has 5 aliphatic rings. The van der Waals surface area contributed by atoms with Gasteiger partial charge in [0.05, 0.1) is 11.1 Å². The lowest BCUT2D eigenvalue weighted by Crippen LogP contribution is -2.63. The highest BCUT2D eigenvalue weighted by molar-refractivity contribution is 7.26. The lowest BCUT2D eigenvalue weighted by molar-refractivity contribution is 0.590. The Kier molecular flexibility index (Phi) is 7.89. The molecule has 1 spiro atoms. The van der Waals surface area contributed by atoms with E-state index in [2.05, 4.69) is 251 Å². The lowest BCUT2D eigenvalue weighted by Gasteiger charge is -2.53. The quantitative estimate of drug-likeness (QED) is 0.159. The van der Waals surface area contributed by atoms with Gasteiger partial charge in [-0.15, -0.1) is 11.3 Å². The Morgan fingerprint density at radius 2 is 1.06 bits per heavy atom. The summed E-state index contributed by atoms with van der Waals surface area (Å²) in [5.74, 6) is 0. The van der Waals surface area contributed by atoms with Gasteiger partial charge >= 0.3 is 6.85 Å². The number of fused-ring (bicyclic) bond motifs is 21. The summed E-state index contributed by atoms with van der Waals surface area (Å²) in [6.07, 6.45) is 0. The van der Waals surface area contributed by atoms with E-state index < -0.39 is 5.41 Å². The lowest BCUT2D eigenvalue weighted by atomic mass is 9.41. The van der Waals surface area contributed by atoms with Crippen LogP contribution in [0.15, 0.2) is 206 Å². The van der Waals surface area contributed by atoms with Crippen molar-refractivity contribution in [1.82, 2.24) is 0 Å². The van der Waals surface area contributed by atoms with E-state index >= 15 is 0 Å². The summed E-state index contributed by atoms with van der Waals surface area (Å²) in [7, 11) is 0. The van der Waals surface area contributed by atoms with Gasteiger partial charge in [-0.1, -0.05) is 198 Å². The minimum atomic E-state index is -0.537. The molecule has 10 aromatic carbocycles. The van der Waals surface area contributed by atoms with Crippen molar-refractivity contribution >= 4 is 77.7 Å². The van der Waals surface area contributed by atoms with E-state index in [1.54, 1.807) is 0 Å². The van der Waals surface area contributed by atoms with Gasteiger partial charge in [0, 0.05) is 48.7 Å². The molecule has 11 aromatic rings. The van der Waals surface area contributed by atoms with E-state index in [0.29, 0.717) is 0 Å². The van der Waals surface area contributed by atoms with E-state index in [4.69, 9.17) is 0 Å². The van der Waals surface area contributed by atoms with Crippen LogP contribution < -0.4 is 20.6 Å². The molecule has 4 heteroatoms. The number of nitrogens with zero attached hydrogens (tertiary/aromatic N) is 2. The molecule has 340 valence electrons. The van der Waals surface area contributed by atoms with E-state index in [1.165, 1.54) is 143 Å². The van der Waals surface area contributed by atoms with Gasteiger partial charge in [-0.2, -0.15) is 0 Å². The first kappa shape index (κ1) is 40.8. The fourth-order valence-corrected chi connectivity index (χ4v) is 15.5. The minimum Gasteiger partial charge on any atom is -0.376 e. The summed E-state index contributed by atoms with van der Waals surface area (Å²) in [5, 5.41) is 2.67. The summed E-state index contributed by atoms with van der Waals surface area (Å²) >= 11 is 1.92. The third-order valence-corrected chi connectivity index (χ3v) is 18.5. The van der Waals surface area contributed by atoms with Crippen LogP contribution in [0.3, 0.4) is 0 Å². The van der Waals surface area contributed by atoms with E-state index in [9.17, 15) is 0 Å². The number of hydrogen-bond donors (Lipinski definition) is 0. The monoisotopic (exact) mass is 936 g/mol. The van der Waals surface area contributed by atoms with Crippen molar-refractivity contribution in [3.8, 4) is 44.5 Å². The van der Waals surface area contributed by atoms with Crippen LogP contribution in [0.25, 0.3) is 64.7 Å². The molecule has 0 saturated carbocycles. The summed E-state index contributed by atoms with van der Waals surface area (Å²) < 4.78 is 2.63. The third kappa shape index (κ3) is 4.92. The molecule has 72 heavy (non-hydrogen) atoms. The molecular formula is C68H49BN2S. The second-order valence-electron chi connectivity index (χ2n) is 22.3. The van der Waals surface area contributed by atoms with Crippen LogP contribution in [0.2, 0.25) is 0 Å². The van der Waals surface area contributed by atoms with Crippen LogP contribution in [0.1, 0.15) is 73.6 Å². The van der Waals surface area contributed by atoms with Crippen LogP contribution in [-0.4, -0.2) is 6.85 Å². The fourth-order valence-electron chi connectivity index (χ4n) is 14.4. The number of hydrogen-bond acceptors (Lipinski definition) is 3. The Balaban J connectivity index is 1.13. The Morgan fingerprint density at radius 1 is 0.431 bits per heavy atom. The summed E-state index contributed by atoms with van der Waals surface area (Å²) in [4.78, 5) is 5.52. The van der Waals surface area contributed by atoms with Crippen molar-refractivity contribution in [2.24, 2.45) is 0 Å². The molecule has 0 atom stereocenters. The van der Waals surface area contributed by atoms with Crippen LogP contribution in [0.4, 0.5) is 28.4 Å². The first-order chi connectivity index (χ1) is 35.2. The molecule has 0 amide bonds. The maximum absolute atomic E-state index is 2.82. The number of anilines is 5.